The standard InChI is InChI=1S/C12H14F2N4O/c13-12(14)11(19)8-15-6-9-7-16-18(17-9)10-4-2-1-3-5-10/h1-5,7,11-12,15,19H,6,8H2. The summed E-state index contributed by atoms with van der Waals surface area (Å²) in [6.07, 6.45) is -2.86. The van der Waals surface area contributed by atoms with Crippen LogP contribution in [-0.2, 0) is 6.54 Å². The molecular formula is C12H14F2N4O. The molecule has 0 aliphatic rings. The molecule has 7 heteroatoms. The van der Waals surface area contributed by atoms with E-state index in [0.29, 0.717) is 5.69 Å². The topological polar surface area (TPSA) is 63.0 Å². The maximum atomic E-state index is 12.1. The van der Waals surface area contributed by atoms with E-state index in [1.807, 2.05) is 30.3 Å². The first-order valence-electron chi connectivity index (χ1n) is 5.80. The maximum Gasteiger partial charge on any atom is 0.265 e. The number of benzene rings is 1. The van der Waals surface area contributed by atoms with E-state index in [1.54, 1.807) is 6.20 Å². The molecule has 19 heavy (non-hydrogen) atoms. The molecule has 1 atom stereocenters. The fourth-order valence-corrected chi connectivity index (χ4v) is 1.50. The summed E-state index contributed by atoms with van der Waals surface area (Å²) in [7, 11) is 0. The first-order chi connectivity index (χ1) is 9.16. The molecule has 0 radical (unpaired) electrons. The minimum atomic E-state index is -2.74. The van der Waals surface area contributed by atoms with E-state index in [4.69, 9.17) is 5.11 Å². The highest BCUT2D eigenvalue weighted by molar-refractivity contribution is 5.28. The second-order valence-corrected chi connectivity index (χ2v) is 3.99. The van der Waals surface area contributed by atoms with Gasteiger partial charge in [0.25, 0.3) is 6.43 Å². The van der Waals surface area contributed by atoms with E-state index in [9.17, 15) is 8.78 Å². The van der Waals surface area contributed by atoms with E-state index in [0.717, 1.165) is 5.69 Å². The summed E-state index contributed by atoms with van der Waals surface area (Å²) in [6, 6.07) is 9.35. The molecule has 0 saturated heterocycles. The number of alkyl halides is 2. The third kappa shape index (κ3) is 3.80. The summed E-state index contributed by atoms with van der Waals surface area (Å²) < 4.78 is 24.1. The van der Waals surface area contributed by atoms with Gasteiger partial charge in [0.2, 0.25) is 0 Å². The van der Waals surface area contributed by atoms with Gasteiger partial charge in [0.1, 0.15) is 6.10 Å². The Hall–Kier alpha value is -1.86. The lowest BCUT2D eigenvalue weighted by molar-refractivity contribution is -0.00344. The fraction of sp³-hybridized carbons (Fsp3) is 0.333. The van der Waals surface area contributed by atoms with E-state index in [-0.39, 0.29) is 13.1 Å². The van der Waals surface area contributed by atoms with Gasteiger partial charge < -0.3 is 10.4 Å². The van der Waals surface area contributed by atoms with Crippen LogP contribution < -0.4 is 5.32 Å². The van der Waals surface area contributed by atoms with Crippen LogP contribution in [0.25, 0.3) is 5.69 Å². The number of rotatable bonds is 6. The molecule has 0 bridgehead atoms. The number of aliphatic hydroxyl groups is 1. The molecule has 1 aromatic heterocycles. The van der Waals surface area contributed by atoms with Gasteiger partial charge in [-0.2, -0.15) is 15.0 Å². The van der Waals surface area contributed by atoms with Crippen molar-refractivity contribution < 1.29 is 13.9 Å². The van der Waals surface area contributed by atoms with Crippen molar-refractivity contribution in [2.75, 3.05) is 6.54 Å². The van der Waals surface area contributed by atoms with E-state index in [2.05, 4.69) is 15.5 Å². The highest BCUT2D eigenvalue weighted by Crippen LogP contribution is 2.04. The third-order valence-electron chi connectivity index (χ3n) is 2.48. The minimum absolute atomic E-state index is 0.185. The Kier molecular flexibility index (Phi) is 4.53. The van der Waals surface area contributed by atoms with Gasteiger partial charge in [0.05, 0.1) is 17.6 Å². The predicted octanol–water partition coefficient (Wildman–Crippen LogP) is 0.983. The predicted molar refractivity (Wildman–Crippen MR) is 65.1 cm³/mol. The van der Waals surface area contributed by atoms with Gasteiger partial charge in [0.15, 0.2) is 0 Å². The molecule has 5 nitrogen and oxygen atoms in total. The molecule has 0 amide bonds. The highest BCUT2D eigenvalue weighted by Gasteiger charge is 2.15. The summed E-state index contributed by atoms with van der Waals surface area (Å²) in [5, 5.41) is 19.9. The molecule has 1 aromatic carbocycles. The minimum Gasteiger partial charge on any atom is -0.386 e. The molecule has 0 spiro atoms. The number of aromatic nitrogens is 3. The van der Waals surface area contributed by atoms with Crippen LogP contribution in [0.1, 0.15) is 5.69 Å². The van der Waals surface area contributed by atoms with Gasteiger partial charge in [0, 0.05) is 13.1 Å². The van der Waals surface area contributed by atoms with E-state index < -0.39 is 12.5 Å². The molecule has 0 aliphatic carbocycles. The van der Waals surface area contributed by atoms with Gasteiger partial charge >= 0.3 is 0 Å². The highest BCUT2D eigenvalue weighted by atomic mass is 19.3. The Labute approximate surface area is 108 Å². The Morgan fingerprint density at radius 2 is 2.00 bits per heavy atom. The summed E-state index contributed by atoms with van der Waals surface area (Å²) in [5.74, 6) is 0. The molecule has 2 aromatic rings. The van der Waals surface area contributed by atoms with Crippen molar-refractivity contribution in [1.29, 1.82) is 0 Å². The summed E-state index contributed by atoms with van der Waals surface area (Å²) in [4.78, 5) is 1.46. The average Bonchev–Trinajstić information content (AvgIpc) is 2.88. The lowest BCUT2D eigenvalue weighted by atomic mass is 10.3. The zero-order chi connectivity index (χ0) is 13.7. The second kappa shape index (κ2) is 6.35. The lowest BCUT2D eigenvalue weighted by Gasteiger charge is -2.09. The van der Waals surface area contributed by atoms with Crippen molar-refractivity contribution in [2.24, 2.45) is 0 Å². The van der Waals surface area contributed by atoms with Crippen molar-refractivity contribution in [2.45, 2.75) is 19.1 Å². The number of aliphatic hydroxyl groups excluding tert-OH is 1. The molecule has 102 valence electrons. The number of hydrogen-bond acceptors (Lipinski definition) is 4. The van der Waals surface area contributed by atoms with Crippen LogP contribution in [0.3, 0.4) is 0 Å². The number of hydrogen-bond donors (Lipinski definition) is 2. The maximum absolute atomic E-state index is 12.1. The van der Waals surface area contributed by atoms with Crippen molar-refractivity contribution >= 4 is 0 Å². The number of nitrogens with zero attached hydrogens (tertiary/aromatic N) is 3. The largest absolute Gasteiger partial charge is 0.386 e. The summed E-state index contributed by atoms with van der Waals surface area (Å²) in [5.41, 5.74) is 1.44. The molecule has 0 aliphatic heterocycles. The van der Waals surface area contributed by atoms with Crippen molar-refractivity contribution in [3.63, 3.8) is 0 Å². The smallest absolute Gasteiger partial charge is 0.265 e. The average molecular weight is 268 g/mol. The Morgan fingerprint density at radius 3 is 2.68 bits per heavy atom. The molecule has 2 rings (SSSR count). The number of para-hydroxylation sites is 1. The Balaban J connectivity index is 1.88. The zero-order valence-electron chi connectivity index (χ0n) is 10.1. The molecule has 2 N–H and O–H groups in total. The lowest BCUT2D eigenvalue weighted by Crippen LogP contribution is -2.31. The van der Waals surface area contributed by atoms with Crippen LogP contribution in [0.15, 0.2) is 36.5 Å². The van der Waals surface area contributed by atoms with Gasteiger partial charge in [-0.25, -0.2) is 8.78 Å². The first kappa shape index (κ1) is 13.6. The molecule has 0 fully saturated rings. The van der Waals surface area contributed by atoms with Crippen molar-refractivity contribution in [3.05, 3.63) is 42.2 Å². The van der Waals surface area contributed by atoms with Crippen LogP contribution >= 0.6 is 0 Å². The van der Waals surface area contributed by atoms with Gasteiger partial charge in [-0.15, -0.1) is 0 Å². The van der Waals surface area contributed by atoms with Crippen LogP contribution in [0.2, 0.25) is 0 Å². The van der Waals surface area contributed by atoms with Crippen LogP contribution in [0.4, 0.5) is 8.78 Å². The van der Waals surface area contributed by atoms with Crippen molar-refractivity contribution in [1.82, 2.24) is 20.3 Å². The van der Waals surface area contributed by atoms with Crippen LogP contribution in [-0.4, -0.2) is 39.2 Å². The third-order valence-corrected chi connectivity index (χ3v) is 2.48. The first-order valence-corrected chi connectivity index (χ1v) is 5.80. The van der Waals surface area contributed by atoms with E-state index in [1.165, 1.54) is 4.80 Å². The molecule has 0 saturated carbocycles. The Bertz CT molecular complexity index is 503. The van der Waals surface area contributed by atoms with Gasteiger partial charge in [-0.1, -0.05) is 18.2 Å². The molecule has 1 heterocycles. The molecule has 1 unspecified atom stereocenters. The quantitative estimate of drug-likeness (QED) is 0.820. The zero-order valence-corrected chi connectivity index (χ0v) is 10.1. The Morgan fingerprint density at radius 1 is 1.26 bits per heavy atom. The van der Waals surface area contributed by atoms with Gasteiger partial charge in [-0.05, 0) is 12.1 Å². The summed E-state index contributed by atoms with van der Waals surface area (Å²) >= 11 is 0. The van der Waals surface area contributed by atoms with Gasteiger partial charge in [-0.3, -0.25) is 0 Å². The number of nitrogens with one attached hydrogen (secondary N) is 1. The fourth-order valence-electron chi connectivity index (χ4n) is 1.50. The normalized spacial score (nSPS) is 12.8. The number of halogens is 2. The summed E-state index contributed by atoms with van der Waals surface area (Å²) in [6.45, 7) is 0.0898. The SMILES string of the molecule is OC(CNCc1cnn(-c2ccccc2)n1)C(F)F. The van der Waals surface area contributed by atoms with Crippen molar-refractivity contribution in [3.8, 4) is 5.69 Å². The second-order valence-electron chi connectivity index (χ2n) is 3.99. The molecular weight excluding hydrogens is 254 g/mol. The monoisotopic (exact) mass is 268 g/mol. The van der Waals surface area contributed by atoms with E-state index >= 15 is 0 Å². The van der Waals surface area contributed by atoms with Crippen LogP contribution in [0, 0.1) is 0 Å². The van der Waals surface area contributed by atoms with Crippen LogP contribution in [0.5, 0.6) is 0 Å².